The predicted molar refractivity (Wildman–Crippen MR) is 120 cm³/mol. The number of amides is 1. The summed E-state index contributed by atoms with van der Waals surface area (Å²) in [6, 6.07) is -0.0924. The van der Waals surface area contributed by atoms with Gasteiger partial charge in [-0.15, -0.1) is 0 Å². The number of nitrogens with zero attached hydrogens (tertiary/aromatic N) is 2. The fourth-order valence-electron chi connectivity index (χ4n) is 3.70. The van der Waals surface area contributed by atoms with E-state index in [0.29, 0.717) is 24.4 Å². The molecule has 170 valence electrons. The van der Waals surface area contributed by atoms with Gasteiger partial charge in [-0.25, -0.2) is 4.79 Å². The summed E-state index contributed by atoms with van der Waals surface area (Å²) >= 11 is 0. The third-order valence-corrected chi connectivity index (χ3v) is 5.17. The molecule has 1 saturated heterocycles. The molecule has 1 aromatic rings. The van der Waals surface area contributed by atoms with Crippen molar-refractivity contribution < 1.29 is 19.1 Å². The molecule has 0 aromatic carbocycles. The van der Waals surface area contributed by atoms with E-state index >= 15 is 0 Å². The molecule has 0 saturated carbocycles. The fraction of sp³-hybridized carbons (Fsp3) is 0.609. The molecule has 8 nitrogen and oxygen atoms in total. The smallest absolute Gasteiger partial charge is 0.407 e. The zero-order valence-corrected chi connectivity index (χ0v) is 19.4. The highest BCUT2D eigenvalue weighted by atomic mass is 16.6. The Balaban J connectivity index is 1.88. The van der Waals surface area contributed by atoms with Gasteiger partial charge < -0.3 is 25.4 Å². The van der Waals surface area contributed by atoms with E-state index in [9.17, 15) is 9.59 Å². The number of piperidine rings is 1. The fourth-order valence-corrected chi connectivity index (χ4v) is 3.70. The number of ether oxygens (including phenoxy) is 2. The second-order valence-corrected chi connectivity index (χ2v) is 10.2. The van der Waals surface area contributed by atoms with Gasteiger partial charge in [0, 0.05) is 36.8 Å². The van der Waals surface area contributed by atoms with Gasteiger partial charge in [0.15, 0.2) is 5.75 Å². The summed E-state index contributed by atoms with van der Waals surface area (Å²) < 4.78 is 11.2. The summed E-state index contributed by atoms with van der Waals surface area (Å²) in [7, 11) is 0. The van der Waals surface area contributed by atoms with Crippen LogP contribution in [0.15, 0.2) is 12.3 Å². The molecule has 2 heterocycles. The lowest BCUT2D eigenvalue weighted by Crippen LogP contribution is -2.49. The maximum atomic E-state index is 12.6. The van der Waals surface area contributed by atoms with Crippen LogP contribution in [-0.4, -0.2) is 41.8 Å². The van der Waals surface area contributed by atoms with Gasteiger partial charge in [0.2, 0.25) is 0 Å². The molecule has 1 fully saturated rings. The number of allylic oxidation sites excluding steroid dienone is 1. The van der Waals surface area contributed by atoms with E-state index in [-0.39, 0.29) is 12.0 Å². The van der Waals surface area contributed by atoms with Crippen molar-refractivity contribution in [1.29, 1.82) is 0 Å². The van der Waals surface area contributed by atoms with Gasteiger partial charge in [-0.1, -0.05) is 6.08 Å². The number of aromatic nitrogens is 1. The van der Waals surface area contributed by atoms with Gasteiger partial charge in [-0.3, -0.25) is 9.78 Å². The number of hydrogen-bond acceptors (Lipinski definition) is 7. The van der Waals surface area contributed by atoms with Gasteiger partial charge in [0.05, 0.1) is 23.0 Å². The molecular weight excluding hydrogens is 396 g/mol. The van der Waals surface area contributed by atoms with Crippen LogP contribution in [0.2, 0.25) is 0 Å². The topological polar surface area (TPSA) is 107 Å². The first-order chi connectivity index (χ1) is 14.3. The molecule has 1 aromatic heterocycles. The van der Waals surface area contributed by atoms with Crippen molar-refractivity contribution in [2.24, 2.45) is 11.1 Å². The lowest BCUT2D eigenvalue weighted by molar-refractivity contribution is -0.142. The number of nitrogens with one attached hydrogen (secondary N) is 1. The molecule has 3 rings (SSSR count). The molecule has 0 spiro atoms. The van der Waals surface area contributed by atoms with Crippen molar-refractivity contribution in [3.05, 3.63) is 23.5 Å². The van der Waals surface area contributed by atoms with Gasteiger partial charge in [-0.2, -0.15) is 0 Å². The molecule has 3 N–H and O–H groups in total. The number of pyridine rings is 1. The van der Waals surface area contributed by atoms with Crippen LogP contribution < -0.4 is 20.7 Å². The lowest BCUT2D eigenvalue weighted by Gasteiger charge is -2.37. The number of fused-ring (bicyclic) bond motifs is 1. The quantitative estimate of drug-likeness (QED) is 0.708. The van der Waals surface area contributed by atoms with Gasteiger partial charge >= 0.3 is 12.1 Å². The molecule has 1 aliphatic heterocycles. The van der Waals surface area contributed by atoms with Crippen LogP contribution in [0.25, 0.3) is 5.70 Å². The summed E-state index contributed by atoms with van der Waals surface area (Å²) in [5.41, 5.74) is 8.16. The summed E-state index contributed by atoms with van der Waals surface area (Å²) in [5.74, 6) is 0.0614. The third-order valence-electron chi connectivity index (χ3n) is 5.17. The van der Waals surface area contributed by atoms with Crippen LogP contribution in [-0.2, 0) is 16.0 Å². The molecule has 1 amide bonds. The number of carbonyl (C=O) groups excluding carboxylic acids is 2. The van der Waals surface area contributed by atoms with E-state index < -0.39 is 17.1 Å². The molecule has 8 heteroatoms. The Kier molecular flexibility index (Phi) is 6.21. The van der Waals surface area contributed by atoms with Crippen LogP contribution in [0.4, 0.5) is 10.5 Å². The molecule has 0 bridgehead atoms. The second-order valence-electron chi connectivity index (χ2n) is 10.2. The predicted octanol–water partition coefficient (Wildman–Crippen LogP) is 3.38. The van der Waals surface area contributed by atoms with E-state index in [4.69, 9.17) is 15.2 Å². The van der Waals surface area contributed by atoms with Crippen LogP contribution in [0.3, 0.4) is 0 Å². The summed E-state index contributed by atoms with van der Waals surface area (Å²) in [5, 5.41) is 2.97. The normalized spacial score (nSPS) is 18.8. The van der Waals surface area contributed by atoms with Gasteiger partial charge in [0.1, 0.15) is 5.60 Å². The van der Waals surface area contributed by atoms with E-state index in [0.717, 1.165) is 36.3 Å². The third kappa shape index (κ3) is 5.48. The van der Waals surface area contributed by atoms with E-state index in [2.05, 4.69) is 15.2 Å². The number of carbonyl (C=O) groups is 2. The van der Waals surface area contributed by atoms with Crippen molar-refractivity contribution >= 4 is 23.4 Å². The van der Waals surface area contributed by atoms with Crippen molar-refractivity contribution in [1.82, 2.24) is 10.3 Å². The lowest BCUT2D eigenvalue weighted by atomic mass is 9.97. The largest absolute Gasteiger partial charge is 0.444 e. The first-order valence-electron chi connectivity index (χ1n) is 10.8. The standard InChI is InChI=1S/C23H34N4O4/c1-22(2,3)20(28)30-17-12-25-16-10-9-15(24)18(16)19(17)27-11-7-8-14(13-27)26-21(29)31-23(4,5)6/h9,12,14H,7-8,10-11,13,24H2,1-6H3,(H,26,29)/t14-/m1/s1. The number of nitrogens with two attached hydrogens (primary N) is 1. The van der Waals surface area contributed by atoms with Crippen LogP contribution in [0, 0.1) is 5.41 Å². The minimum atomic E-state index is -0.652. The average molecular weight is 431 g/mol. The Morgan fingerprint density at radius 3 is 2.58 bits per heavy atom. The summed E-state index contributed by atoms with van der Waals surface area (Å²) in [6.45, 7) is 12.3. The molecule has 2 aliphatic rings. The van der Waals surface area contributed by atoms with Gasteiger partial charge in [-0.05, 0) is 54.4 Å². The molecular formula is C23H34N4O4. The molecule has 0 unspecified atom stereocenters. The number of esters is 1. The zero-order chi connectivity index (χ0) is 23.0. The van der Waals surface area contributed by atoms with Crippen molar-refractivity contribution in [3.63, 3.8) is 0 Å². The highest BCUT2D eigenvalue weighted by Crippen LogP contribution is 2.41. The Morgan fingerprint density at radius 2 is 1.94 bits per heavy atom. The van der Waals surface area contributed by atoms with Crippen LogP contribution >= 0.6 is 0 Å². The number of rotatable bonds is 3. The highest BCUT2D eigenvalue weighted by Gasteiger charge is 2.32. The van der Waals surface area contributed by atoms with E-state index in [1.165, 1.54) is 0 Å². The number of anilines is 1. The Morgan fingerprint density at radius 1 is 1.23 bits per heavy atom. The van der Waals surface area contributed by atoms with Crippen molar-refractivity contribution in [2.45, 2.75) is 72.4 Å². The minimum Gasteiger partial charge on any atom is -0.444 e. The Bertz CT molecular complexity index is 896. The van der Waals surface area contributed by atoms with Crippen molar-refractivity contribution in [2.75, 3.05) is 18.0 Å². The van der Waals surface area contributed by atoms with Crippen molar-refractivity contribution in [3.8, 4) is 5.75 Å². The summed E-state index contributed by atoms with van der Waals surface area (Å²) in [4.78, 5) is 31.5. The molecule has 0 radical (unpaired) electrons. The first-order valence-corrected chi connectivity index (χ1v) is 10.8. The molecule has 1 aliphatic carbocycles. The van der Waals surface area contributed by atoms with E-state index in [1.807, 2.05) is 47.6 Å². The van der Waals surface area contributed by atoms with Crippen LogP contribution in [0.1, 0.15) is 65.6 Å². The average Bonchev–Trinajstić information content (AvgIpc) is 3.00. The maximum absolute atomic E-state index is 12.6. The van der Waals surface area contributed by atoms with Crippen LogP contribution in [0.5, 0.6) is 5.75 Å². The second kappa shape index (κ2) is 8.40. The maximum Gasteiger partial charge on any atom is 0.407 e. The Labute approximate surface area is 184 Å². The number of alkyl carbamates (subject to hydrolysis) is 1. The molecule has 31 heavy (non-hydrogen) atoms. The van der Waals surface area contributed by atoms with E-state index in [1.54, 1.807) is 6.20 Å². The monoisotopic (exact) mass is 430 g/mol. The Hall–Kier alpha value is -2.77. The summed E-state index contributed by atoms with van der Waals surface area (Å²) in [6.07, 6.45) is 5.46. The number of hydrogen-bond donors (Lipinski definition) is 2. The SMILES string of the molecule is CC(C)(C)OC(=O)N[C@@H]1CCCN(c2c(OC(=O)C(C)(C)C)cnc3c2C(N)=CC3)C1. The zero-order valence-electron chi connectivity index (χ0n) is 19.4. The first kappa shape index (κ1) is 22.9. The molecule has 1 atom stereocenters. The van der Waals surface area contributed by atoms with Gasteiger partial charge in [0.25, 0.3) is 0 Å². The highest BCUT2D eigenvalue weighted by molar-refractivity contribution is 5.86. The minimum absolute atomic E-state index is 0.0924.